The first kappa shape index (κ1) is 12.2. The Morgan fingerprint density at radius 2 is 2.00 bits per heavy atom. The summed E-state index contributed by atoms with van der Waals surface area (Å²) >= 11 is 0. The van der Waals surface area contributed by atoms with Crippen molar-refractivity contribution in [3.63, 3.8) is 0 Å². The second-order valence-corrected chi connectivity index (χ2v) is 4.20. The molecule has 1 aromatic rings. The Kier molecular flexibility index (Phi) is 3.28. The van der Waals surface area contributed by atoms with Crippen LogP contribution in [0.5, 0.6) is 5.75 Å². The highest BCUT2D eigenvalue weighted by Crippen LogP contribution is 2.42. The summed E-state index contributed by atoms with van der Waals surface area (Å²) in [5.74, 6) is 0.163. The zero-order valence-corrected chi connectivity index (χ0v) is 9.20. The normalized spacial score (nSPS) is 24.0. The lowest BCUT2D eigenvalue weighted by atomic mass is 9.87. The van der Waals surface area contributed by atoms with E-state index in [0.717, 1.165) is 5.56 Å². The standard InChI is InChI=1S/C12H14F3NO/c13-12(14,15)11-7-8(5-6-16)9-3-1-2-4-10(9)17-11/h1-4,8,11H,5-7,16H2. The molecule has 1 aliphatic heterocycles. The van der Waals surface area contributed by atoms with Crippen molar-refractivity contribution in [3.05, 3.63) is 29.8 Å². The van der Waals surface area contributed by atoms with Crippen LogP contribution in [0.25, 0.3) is 0 Å². The maximum Gasteiger partial charge on any atom is 0.425 e. The molecule has 2 nitrogen and oxygen atoms in total. The summed E-state index contributed by atoms with van der Waals surface area (Å²) in [4.78, 5) is 0. The van der Waals surface area contributed by atoms with Crippen LogP contribution in [0, 0.1) is 0 Å². The van der Waals surface area contributed by atoms with Crippen molar-refractivity contribution in [1.29, 1.82) is 0 Å². The largest absolute Gasteiger partial charge is 0.481 e. The van der Waals surface area contributed by atoms with Gasteiger partial charge in [-0.15, -0.1) is 0 Å². The first-order valence-corrected chi connectivity index (χ1v) is 5.54. The Morgan fingerprint density at radius 3 is 2.65 bits per heavy atom. The van der Waals surface area contributed by atoms with Gasteiger partial charge in [0.25, 0.3) is 0 Å². The van der Waals surface area contributed by atoms with Crippen LogP contribution in [0.15, 0.2) is 24.3 Å². The van der Waals surface area contributed by atoms with Gasteiger partial charge in [-0.2, -0.15) is 13.2 Å². The second kappa shape index (κ2) is 4.56. The minimum atomic E-state index is -4.32. The molecule has 5 heteroatoms. The molecule has 2 N–H and O–H groups in total. The maximum atomic E-state index is 12.7. The van der Waals surface area contributed by atoms with Gasteiger partial charge in [-0.25, -0.2) is 0 Å². The summed E-state index contributed by atoms with van der Waals surface area (Å²) < 4.78 is 43.1. The lowest BCUT2D eigenvalue weighted by Crippen LogP contribution is -2.39. The molecule has 2 atom stereocenters. The van der Waals surface area contributed by atoms with E-state index in [1.165, 1.54) is 0 Å². The van der Waals surface area contributed by atoms with Gasteiger partial charge in [0.1, 0.15) is 5.75 Å². The summed E-state index contributed by atoms with van der Waals surface area (Å²) in [6.45, 7) is 0.379. The van der Waals surface area contributed by atoms with Crippen LogP contribution in [0.1, 0.15) is 24.3 Å². The van der Waals surface area contributed by atoms with Gasteiger partial charge < -0.3 is 10.5 Å². The molecule has 1 aromatic carbocycles. The number of rotatable bonds is 2. The molecular formula is C12H14F3NO. The molecule has 0 radical (unpaired) electrons. The average Bonchev–Trinajstić information content (AvgIpc) is 2.28. The number of hydrogen-bond donors (Lipinski definition) is 1. The molecule has 0 spiro atoms. The highest BCUT2D eigenvalue weighted by atomic mass is 19.4. The molecule has 0 fully saturated rings. The number of para-hydroxylation sites is 1. The summed E-state index contributed by atoms with van der Waals surface area (Å²) in [5.41, 5.74) is 6.28. The van der Waals surface area contributed by atoms with Gasteiger partial charge in [-0.3, -0.25) is 0 Å². The highest BCUT2D eigenvalue weighted by Gasteiger charge is 2.45. The Hall–Kier alpha value is -1.23. The lowest BCUT2D eigenvalue weighted by molar-refractivity contribution is -0.201. The molecule has 0 bridgehead atoms. The van der Waals surface area contributed by atoms with Gasteiger partial charge in [0.2, 0.25) is 0 Å². The fraction of sp³-hybridized carbons (Fsp3) is 0.500. The molecule has 1 heterocycles. The average molecular weight is 245 g/mol. The zero-order chi connectivity index (χ0) is 12.5. The van der Waals surface area contributed by atoms with E-state index in [4.69, 9.17) is 10.5 Å². The van der Waals surface area contributed by atoms with E-state index in [1.807, 2.05) is 6.07 Å². The third-order valence-electron chi connectivity index (χ3n) is 3.01. The molecule has 0 aromatic heterocycles. The Labute approximate surface area is 97.6 Å². The van der Waals surface area contributed by atoms with Crippen LogP contribution in [0.2, 0.25) is 0 Å². The predicted octanol–water partition coefficient (Wildman–Crippen LogP) is 2.83. The van der Waals surface area contributed by atoms with Crippen LogP contribution >= 0.6 is 0 Å². The first-order valence-electron chi connectivity index (χ1n) is 5.54. The number of fused-ring (bicyclic) bond motifs is 1. The van der Waals surface area contributed by atoms with Gasteiger partial charge in [-0.1, -0.05) is 18.2 Å². The molecule has 17 heavy (non-hydrogen) atoms. The summed E-state index contributed by atoms with van der Waals surface area (Å²) in [6, 6.07) is 6.87. The molecule has 0 saturated carbocycles. The molecule has 2 rings (SSSR count). The van der Waals surface area contributed by atoms with Crippen LogP contribution in [-0.2, 0) is 0 Å². The summed E-state index contributed by atoms with van der Waals surface area (Å²) in [6.07, 6.45) is -5.53. The van der Waals surface area contributed by atoms with Crippen LogP contribution in [0.4, 0.5) is 13.2 Å². The zero-order valence-electron chi connectivity index (χ0n) is 9.20. The van der Waals surface area contributed by atoms with Crippen molar-refractivity contribution in [2.75, 3.05) is 6.54 Å². The van der Waals surface area contributed by atoms with E-state index in [9.17, 15) is 13.2 Å². The van der Waals surface area contributed by atoms with Gasteiger partial charge in [-0.05, 0) is 30.5 Å². The SMILES string of the molecule is NCCC1CC(C(F)(F)F)Oc2ccccc21. The topological polar surface area (TPSA) is 35.2 Å². The Bertz CT molecular complexity index is 392. The highest BCUT2D eigenvalue weighted by molar-refractivity contribution is 5.38. The molecule has 0 amide bonds. The van der Waals surface area contributed by atoms with Gasteiger partial charge in [0.05, 0.1) is 0 Å². The minimum absolute atomic E-state index is 0.0439. The predicted molar refractivity (Wildman–Crippen MR) is 57.9 cm³/mol. The molecule has 2 unspecified atom stereocenters. The number of ether oxygens (including phenoxy) is 1. The van der Waals surface area contributed by atoms with E-state index in [1.54, 1.807) is 18.2 Å². The molecule has 0 saturated heterocycles. The van der Waals surface area contributed by atoms with Crippen molar-refractivity contribution >= 4 is 0 Å². The quantitative estimate of drug-likeness (QED) is 0.869. The van der Waals surface area contributed by atoms with Crippen LogP contribution in [0.3, 0.4) is 0 Å². The Morgan fingerprint density at radius 1 is 1.29 bits per heavy atom. The maximum absolute atomic E-state index is 12.7. The van der Waals surface area contributed by atoms with E-state index < -0.39 is 12.3 Å². The minimum Gasteiger partial charge on any atom is -0.481 e. The van der Waals surface area contributed by atoms with Crippen molar-refractivity contribution < 1.29 is 17.9 Å². The van der Waals surface area contributed by atoms with E-state index in [0.29, 0.717) is 18.7 Å². The molecular weight excluding hydrogens is 231 g/mol. The molecule has 1 aliphatic rings. The number of halogens is 3. The number of benzene rings is 1. The fourth-order valence-electron chi connectivity index (χ4n) is 2.19. The van der Waals surface area contributed by atoms with E-state index in [-0.39, 0.29) is 12.3 Å². The summed E-state index contributed by atoms with van der Waals surface area (Å²) in [5, 5.41) is 0. The monoisotopic (exact) mass is 245 g/mol. The fourth-order valence-corrected chi connectivity index (χ4v) is 2.19. The van der Waals surface area contributed by atoms with Crippen molar-refractivity contribution in [2.24, 2.45) is 5.73 Å². The van der Waals surface area contributed by atoms with E-state index >= 15 is 0 Å². The third kappa shape index (κ3) is 2.54. The number of hydrogen-bond acceptors (Lipinski definition) is 2. The van der Waals surface area contributed by atoms with Gasteiger partial charge in [0, 0.05) is 6.42 Å². The van der Waals surface area contributed by atoms with Crippen molar-refractivity contribution in [3.8, 4) is 5.75 Å². The lowest BCUT2D eigenvalue weighted by Gasteiger charge is -2.33. The third-order valence-corrected chi connectivity index (χ3v) is 3.01. The Balaban J connectivity index is 2.29. The van der Waals surface area contributed by atoms with Crippen LogP contribution in [-0.4, -0.2) is 18.8 Å². The molecule has 94 valence electrons. The van der Waals surface area contributed by atoms with E-state index in [2.05, 4.69) is 0 Å². The summed E-state index contributed by atoms with van der Waals surface area (Å²) in [7, 11) is 0. The first-order chi connectivity index (χ1) is 8.02. The smallest absolute Gasteiger partial charge is 0.425 e. The van der Waals surface area contributed by atoms with Crippen molar-refractivity contribution in [2.45, 2.75) is 31.0 Å². The molecule has 0 aliphatic carbocycles. The van der Waals surface area contributed by atoms with Gasteiger partial charge >= 0.3 is 6.18 Å². The van der Waals surface area contributed by atoms with Crippen molar-refractivity contribution in [1.82, 2.24) is 0 Å². The number of alkyl halides is 3. The second-order valence-electron chi connectivity index (χ2n) is 4.20. The van der Waals surface area contributed by atoms with Gasteiger partial charge in [0.15, 0.2) is 6.10 Å². The van der Waals surface area contributed by atoms with Crippen LogP contribution < -0.4 is 10.5 Å². The number of nitrogens with two attached hydrogens (primary N) is 1.